The molecule has 0 saturated carbocycles. The van der Waals surface area contributed by atoms with E-state index in [1.165, 1.54) is 0 Å². The van der Waals surface area contributed by atoms with Gasteiger partial charge in [-0.25, -0.2) is 0 Å². The minimum atomic E-state index is -0.483. The summed E-state index contributed by atoms with van der Waals surface area (Å²) < 4.78 is 10.2. The Morgan fingerprint density at radius 2 is 1.63 bits per heavy atom. The van der Waals surface area contributed by atoms with Crippen LogP contribution < -0.4 is 20.1 Å². The van der Waals surface area contributed by atoms with E-state index in [1.807, 2.05) is 0 Å². The lowest BCUT2D eigenvalue weighted by molar-refractivity contribution is -0.122. The molecule has 144 valence electrons. The Labute approximate surface area is 159 Å². The van der Waals surface area contributed by atoms with Crippen molar-refractivity contribution in [2.24, 2.45) is 0 Å². The smallest absolute Gasteiger partial charge is 0.241 e. The van der Waals surface area contributed by atoms with Gasteiger partial charge in [-0.3, -0.25) is 14.5 Å². The van der Waals surface area contributed by atoms with Crippen molar-refractivity contribution in [1.29, 1.82) is 0 Å². The summed E-state index contributed by atoms with van der Waals surface area (Å²) in [5.41, 5.74) is 1.31. The number of carbonyl (C=O) groups excluding carboxylic acids is 2. The summed E-state index contributed by atoms with van der Waals surface area (Å²) in [6, 6.07) is 13.7. The molecule has 0 saturated heterocycles. The van der Waals surface area contributed by atoms with Crippen LogP contribution in [0.3, 0.4) is 0 Å². The number of likely N-dealkylation sites (N-methyl/N-ethyl adjacent to an activating group) is 1. The van der Waals surface area contributed by atoms with Crippen molar-refractivity contribution in [3.63, 3.8) is 0 Å². The molecule has 0 radical (unpaired) electrons. The normalized spacial score (nSPS) is 11.6. The fraction of sp³-hybridized carbons (Fsp3) is 0.300. The van der Waals surface area contributed by atoms with E-state index >= 15 is 0 Å². The number of nitrogens with zero attached hydrogens (tertiary/aromatic N) is 1. The van der Waals surface area contributed by atoms with Crippen LogP contribution in [0, 0.1) is 0 Å². The zero-order valence-electron chi connectivity index (χ0n) is 16.0. The van der Waals surface area contributed by atoms with Gasteiger partial charge in [0.05, 0.1) is 26.8 Å². The van der Waals surface area contributed by atoms with Gasteiger partial charge in [0.1, 0.15) is 11.5 Å². The Kier molecular flexibility index (Phi) is 7.19. The molecular weight excluding hydrogens is 346 g/mol. The molecule has 0 aliphatic carbocycles. The summed E-state index contributed by atoms with van der Waals surface area (Å²) in [4.78, 5) is 26.3. The molecule has 1 atom stereocenters. The van der Waals surface area contributed by atoms with Crippen molar-refractivity contribution in [1.82, 2.24) is 4.90 Å². The lowest BCUT2D eigenvalue weighted by atomic mass is 10.2. The predicted molar refractivity (Wildman–Crippen MR) is 105 cm³/mol. The fourth-order valence-corrected chi connectivity index (χ4v) is 2.39. The average Bonchev–Trinajstić information content (AvgIpc) is 2.67. The highest BCUT2D eigenvalue weighted by molar-refractivity contribution is 5.96. The minimum absolute atomic E-state index is 0.0778. The highest BCUT2D eigenvalue weighted by atomic mass is 16.5. The van der Waals surface area contributed by atoms with Gasteiger partial charge in [-0.05, 0) is 50.4 Å². The van der Waals surface area contributed by atoms with Gasteiger partial charge in [0, 0.05) is 17.4 Å². The zero-order chi connectivity index (χ0) is 19.8. The lowest BCUT2D eigenvalue weighted by Crippen LogP contribution is -2.43. The molecule has 0 aliphatic heterocycles. The standard InChI is InChI=1S/C20H25N3O4/c1-14(20(25)22-15-8-10-17(26-3)11-9-15)23(2)13-19(24)21-16-6-5-7-18(12-16)27-4/h5-12,14H,13H2,1-4H3,(H,21,24)(H,22,25). The largest absolute Gasteiger partial charge is 0.497 e. The quantitative estimate of drug-likeness (QED) is 0.746. The Bertz CT molecular complexity index is 777. The van der Waals surface area contributed by atoms with E-state index in [-0.39, 0.29) is 18.4 Å². The SMILES string of the molecule is COc1ccc(NC(=O)C(C)N(C)CC(=O)Nc2cccc(OC)c2)cc1. The van der Waals surface area contributed by atoms with E-state index in [2.05, 4.69) is 10.6 Å². The third-order valence-corrected chi connectivity index (χ3v) is 4.14. The second-order valence-corrected chi connectivity index (χ2v) is 6.09. The number of hydrogen-bond donors (Lipinski definition) is 2. The van der Waals surface area contributed by atoms with Gasteiger partial charge in [-0.15, -0.1) is 0 Å². The van der Waals surface area contributed by atoms with E-state index in [0.717, 1.165) is 0 Å². The molecule has 0 heterocycles. The molecule has 0 bridgehead atoms. The van der Waals surface area contributed by atoms with Crippen LogP contribution >= 0.6 is 0 Å². The summed E-state index contributed by atoms with van der Waals surface area (Å²) in [6.45, 7) is 1.83. The molecule has 0 aromatic heterocycles. The van der Waals surface area contributed by atoms with Gasteiger partial charge in [0.25, 0.3) is 0 Å². The summed E-state index contributed by atoms with van der Waals surface area (Å²) in [5, 5.41) is 5.63. The summed E-state index contributed by atoms with van der Waals surface area (Å²) in [7, 11) is 4.88. The summed E-state index contributed by atoms with van der Waals surface area (Å²) in [5.74, 6) is 0.965. The number of methoxy groups -OCH3 is 2. The molecule has 7 heteroatoms. The third kappa shape index (κ3) is 6.00. The molecule has 0 aliphatic rings. The lowest BCUT2D eigenvalue weighted by Gasteiger charge is -2.23. The molecule has 1 unspecified atom stereocenters. The number of benzene rings is 2. The molecule has 0 fully saturated rings. The Hall–Kier alpha value is -3.06. The first kappa shape index (κ1) is 20.3. The van der Waals surface area contributed by atoms with Crippen LogP contribution in [0.15, 0.2) is 48.5 Å². The molecule has 0 spiro atoms. The number of hydrogen-bond acceptors (Lipinski definition) is 5. The van der Waals surface area contributed by atoms with Crippen LogP contribution in [0.5, 0.6) is 11.5 Å². The van der Waals surface area contributed by atoms with Gasteiger partial charge < -0.3 is 20.1 Å². The van der Waals surface area contributed by atoms with Crippen LogP contribution in [0.4, 0.5) is 11.4 Å². The highest BCUT2D eigenvalue weighted by Crippen LogP contribution is 2.17. The van der Waals surface area contributed by atoms with E-state index < -0.39 is 6.04 Å². The molecule has 27 heavy (non-hydrogen) atoms. The number of nitrogens with one attached hydrogen (secondary N) is 2. The number of amides is 2. The maximum Gasteiger partial charge on any atom is 0.241 e. The number of carbonyl (C=O) groups is 2. The fourth-order valence-electron chi connectivity index (χ4n) is 2.39. The highest BCUT2D eigenvalue weighted by Gasteiger charge is 2.20. The Morgan fingerprint density at radius 1 is 0.963 bits per heavy atom. The average molecular weight is 371 g/mol. The van der Waals surface area contributed by atoms with Gasteiger partial charge in [0.15, 0.2) is 0 Å². The van der Waals surface area contributed by atoms with E-state index in [0.29, 0.717) is 22.9 Å². The van der Waals surface area contributed by atoms with Crippen LogP contribution in [-0.2, 0) is 9.59 Å². The molecule has 2 N–H and O–H groups in total. The first-order valence-electron chi connectivity index (χ1n) is 8.52. The predicted octanol–water partition coefficient (Wildman–Crippen LogP) is 2.60. The second-order valence-electron chi connectivity index (χ2n) is 6.09. The summed E-state index contributed by atoms with van der Waals surface area (Å²) in [6.07, 6.45) is 0. The first-order valence-corrected chi connectivity index (χ1v) is 8.52. The zero-order valence-corrected chi connectivity index (χ0v) is 16.0. The third-order valence-electron chi connectivity index (χ3n) is 4.14. The van der Waals surface area contributed by atoms with Crippen molar-refractivity contribution in [2.45, 2.75) is 13.0 Å². The van der Waals surface area contributed by atoms with E-state index in [9.17, 15) is 9.59 Å². The van der Waals surface area contributed by atoms with Crippen LogP contribution in [-0.4, -0.2) is 50.6 Å². The molecule has 2 rings (SSSR count). The van der Waals surface area contributed by atoms with Crippen molar-refractivity contribution in [2.75, 3.05) is 38.4 Å². The molecule has 2 aromatic carbocycles. The molecule has 2 amide bonds. The maximum absolute atomic E-state index is 12.4. The van der Waals surface area contributed by atoms with Gasteiger partial charge in [-0.1, -0.05) is 6.07 Å². The van der Waals surface area contributed by atoms with Crippen LogP contribution in [0.1, 0.15) is 6.92 Å². The second kappa shape index (κ2) is 9.59. The molecular formula is C20H25N3O4. The van der Waals surface area contributed by atoms with Crippen molar-refractivity contribution < 1.29 is 19.1 Å². The van der Waals surface area contributed by atoms with Crippen LogP contribution in [0.2, 0.25) is 0 Å². The van der Waals surface area contributed by atoms with Crippen molar-refractivity contribution >= 4 is 23.2 Å². The van der Waals surface area contributed by atoms with Crippen molar-refractivity contribution in [3.05, 3.63) is 48.5 Å². The number of anilines is 2. The molecule has 2 aromatic rings. The van der Waals surface area contributed by atoms with Gasteiger partial charge in [-0.2, -0.15) is 0 Å². The monoisotopic (exact) mass is 371 g/mol. The van der Waals surface area contributed by atoms with Gasteiger partial charge >= 0.3 is 0 Å². The number of rotatable bonds is 8. The summed E-state index contributed by atoms with van der Waals surface area (Å²) >= 11 is 0. The number of ether oxygens (including phenoxy) is 2. The van der Waals surface area contributed by atoms with E-state index in [4.69, 9.17) is 9.47 Å². The topological polar surface area (TPSA) is 79.9 Å². The first-order chi connectivity index (χ1) is 12.9. The van der Waals surface area contributed by atoms with E-state index in [1.54, 1.807) is 81.6 Å². The Morgan fingerprint density at radius 3 is 2.26 bits per heavy atom. The molecule has 7 nitrogen and oxygen atoms in total. The minimum Gasteiger partial charge on any atom is -0.497 e. The Balaban J connectivity index is 1.88. The van der Waals surface area contributed by atoms with Crippen LogP contribution in [0.25, 0.3) is 0 Å². The maximum atomic E-state index is 12.4. The van der Waals surface area contributed by atoms with Gasteiger partial charge in [0.2, 0.25) is 11.8 Å². The van der Waals surface area contributed by atoms with Crippen molar-refractivity contribution in [3.8, 4) is 11.5 Å².